The Morgan fingerprint density at radius 1 is 1.03 bits per heavy atom. The van der Waals surface area contributed by atoms with E-state index in [0.29, 0.717) is 23.4 Å². The van der Waals surface area contributed by atoms with Crippen molar-refractivity contribution in [2.75, 3.05) is 15.8 Å². The summed E-state index contributed by atoms with van der Waals surface area (Å²) in [7, 11) is -3.40. The monoisotopic (exact) mass is 414 g/mol. The van der Waals surface area contributed by atoms with Gasteiger partial charge in [0.1, 0.15) is 5.58 Å². The molecule has 0 aliphatic heterocycles. The summed E-state index contributed by atoms with van der Waals surface area (Å²) in [6.07, 6.45) is 2.32. The van der Waals surface area contributed by atoms with Crippen molar-refractivity contribution in [3.63, 3.8) is 0 Å². The minimum atomic E-state index is -3.40. The molecule has 0 spiro atoms. The molecule has 154 valence electrons. The Hall–Kier alpha value is -2.80. The van der Waals surface area contributed by atoms with E-state index in [9.17, 15) is 13.2 Å². The van der Waals surface area contributed by atoms with E-state index in [1.54, 1.807) is 31.4 Å². The summed E-state index contributed by atoms with van der Waals surface area (Å²) in [6.45, 7) is 7.61. The molecule has 1 aromatic heterocycles. The first kappa shape index (κ1) is 20.9. The summed E-state index contributed by atoms with van der Waals surface area (Å²) in [5.74, 6) is -0.141. The van der Waals surface area contributed by atoms with Crippen LogP contribution in [-0.2, 0) is 21.2 Å². The third-order valence-electron chi connectivity index (χ3n) is 5.04. The fourth-order valence-electron chi connectivity index (χ4n) is 3.26. The highest BCUT2D eigenvalue weighted by Gasteiger charge is 2.16. The topological polar surface area (TPSA) is 88.4 Å². The SMILES string of the molecule is CCCS(=O)(=O)Nc1cccc(NC(=O)Cc2coc3c(C)c(C)ccc23)c1C. The van der Waals surface area contributed by atoms with E-state index >= 15 is 0 Å². The molecular formula is C22H26N2O4S. The highest BCUT2D eigenvalue weighted by Crippen LogP contribution is 2.28. The van der Waals surface area contributed by atoms with Gasteiger partial charge in [-0.3, -0.25) is 9.52 Å². The van der Waals surface area contributed by atoms with E-state index < -0.39 is 10.0 Å². The van der Waals surface area contributed by atoms with Crippen molar-refractivity contribution >= 4 is 38.3 Å². The van der Waals surface area contributed by atoms with E-state index in [2.05, 4.69) is 10.0 Å². The van der Waals surface area contributed by atoms with Crippen molar-refractivity contribution in [1.82, 2.24) is 0 Å². The van der Waals surface area contributed by atoms with Crippen LogP contribution in [0.4, 0.5) is 11.4 Å². The van der Waals surface area contributed by atoms with Crippen LogP contribution in [0, 0.1) is 20.8 Å². The number of hydrogen-bond donors (Lipinski definition) is 2. The lowest BCUT2D eigenvalue weighted by Gasteiger charge is -2.14. The number of aryl methyl sites for hydroxylation is 2. The van der Waals surface area contributed by atoms with Gasteiger partial charge in [0, 0.05) is 16.6 Å². The second-order valence-corrected chi connectivity index (χ2v) is 9.11. The lowest BCUT2D eigenvalue weighted by Crippen LogP contribution is -2.18. The van der Waals surface area contributed by atoms with Gasteiger partial charge in [0.25, 0.3) is 0 Å². The molecule has 0 fully saturated rings. The number of furan rings is 1. The second kappa shape index (κ2) is 8.29. The molecule has 1 heterocycles. The number of carbonyl (C=O) groups is 1. The third kappa shape index (κ3) is 4.62. The molecule has 6 nitrogen and oxygen atoms in total. The summed E-state index contributed by atoms with van der Waals surface area (Å²) in [5, 5.41) is 3.81. The molecule has 0 aliphatic rings. The lowest BCUT2D eigenvalue weighted by molar-refractivity contribution is -0.115. The van der Waals surface area contributed by atoms with Gasteiger partial charge in [0.05, 0.1) is 24.1 Å². The van der Waals surface area contributed by atoms with Crippen LogP contribution in [0.1, 0.15) is 35.6 Å². The maximum absolute atomic E-state index is 12.6. The first-order valence-corrected chi connectivity index (χ1v) is 11.2. The fraction of sp³-hybridized carbons (Fsp3) is 0.318. The summed E-state index contributed by atoms with van der Waals surface area (Å²) >= 11 is 0. The fourth-order valence-corrected chi connectivity index (χ4v) is 4.46. The zero-order valence-corrected chi connectivity index (χ0v) is 17.9. The van der Waals surface area contributed by atoms with Crippen molar-refractivity contribution < 1.29 is 17.6 Å². The Kier molecular flexibility index (Phi) is 5.98. The number of sulfonamides is 1. The van der Waals surface area contributed by atoms with E-state index in [1.165, 1.54) is 0 Å². The Bertz CT molecular complexity index is 1160. The zero-order chi connectivity index (χ0) is 21.2. The highest BCUT2D eigenvalue weighted by molar-refractivity contribution is 7.92. The molecule has 0 radical (unpaired) electrons. The lowest BCUT2D eigenvalue weighted by atomic mass is 10.0. The van der Waals surface area contributed by atoms with Crippen LogP contribution in [-0.4, -0.2) is 20.1 Å². The maximum Gasteiger partial charge on any atom is 0.232 e. The van der Waals surface area contributed by atoms with Gasteiger partial charge in [-0.2, -0.15) is 0 Å². The molecule has 2 N–H and O–H groups in total. The quantitative estimate of drug-likeness (QED) is 0.587. The predicted molar refractivity (Wildman–Crippen MR) is 117 cm³/mol. The van der Waals surface area contributed by atoms with E-state index in [1.807, 2.05) is 32.9 Å². The Balaban J connectivity index is 1.78. The van der Waals surface area contributed by atoms with Crippen LogP contribution in [0.25, 0.3) is 11.0 Å². The minimum absolute atomic E-state index is 0.0511. The normalized spacial score (nSPS) is 11.6. The molecule has 3 rings (SSSR count). The van der Waals surface area contributed by atoms with Crippen LogP contribution in [0.3, 0.4) is 0 Å². The standard InChI is InChI=1S/C22H26N2O4S/c1-5-11-29(26,27)24-20-8-6-7-19(16(20)4)23-21(25)12-17-13-28-22-15(3)14(2)9-10-18(17)22/h6-10,13,24H,5,11-12H2,1-4H3,(H,23,25). The van der Waals surface area contributed by atoms with Crippen LogP contribution in [0.2, 0.25) is 0 Å². The maximum atomic E-state index is 12.6. The first-order chi connectivity index (χ1) is 13.7. The van der Waals surface area contributed by atoms with E-state index in [4.69, 9.17) is 4.42 Å². The average Bonchev–Trinajstić information content (AvgIpc) is 3.04. The van der Waals surface area contributed by atoms with E-state index in [-0.39, 0.29) is 18.1 Å². The van der Waals surface area contributed by atoms with Gasteiger partial charge in [0.15, 0.2) is 0 Å². The molecule has 0 bridgehead atoms. The number of hydrogen-bond acceptors (Lipinski definition) is 4. The van der Waals surface area contributed by atoms with Gasteiger partial charge in [-0.1, -0.05) is 25.1 Å². The summed E-state index contributed by atoms with van der Waals surface area (Å²) < 4.78 is 32.4. The van der Waals surface area contributed by atoms with Crippen molar-refractivity contribution in [2.24, 2.45) is 0 Å². The van der Waals surface area contributed by atoms with Crippen molar-refractivity contribution in [1.29, 1.82) is 0 Å². The van der Waals surface area contributed by atoms with Gasteiger partial charge >= 0.3 is 0 Å². The largest absolute Gasteiger partial charge is 0.464 e. The summed E-state index contributed by atoms with van der Waals surface area (Å²) in [5.41, 5.74) is 5.54. The number of nitrogens with one attached hydrogen (secondary N) is 2. The summed E-state index contributed by atoms with van der Waals surface area (Å²) in [4.78, 5) is 12.6. The predicted octanol–water partition coefficient (Wildman–Crippen LogP) is 4.69. The van der Waals surface area contributed by atoms with Gasteiger partial charge in [-0.25, -0.2) is 8.42 Å². The molecule has 1 amide bonds. The Morgan fingerprint density at radius 2 is 1.76 bits per heavy atom. The number of carbonyl (C=O) groups excluding carboxylic acids is 1. The van der Waals surface area contributed by atoms with Crippen LogP contribution in [0.15, 0.2) is 41.0 Å². The average molecular weight is 415 g/mol. The smallest absolute Gasteiger partial charge is 0.232 e. The highest BCUT2D eigenvalue weighted by atomic mass is 32.2. The third-order valence-corrected chi connectivity index (χ3v) is 6.52. The molecule has 0 aliphatic carbocycles. The van der Waals surface area contributed by atoms with Crippen molar-refractivity contribution in [2.45, 2.75) is 40.5 Å². The molecule has 29 heavy (non-hydrogen) atoms. The Labute approximate surface area is 171 Å². The molecule has 3 aromatic rings. The summed E-state index contributed by atoms with van der Waals surface area (Å²) in [6, 6.07) is 9.15. The van der Waals surface area contributed by atoms with Crippen molar-refractivity contribution in [3.05, 3.63) is 58.8 Å². The van der Waals surface area contributed by atoms with Gasteiger partial charge < -0.3 is 9.73 Å². The van der Waals surface area contributed by atoms with E-state index in [0.717, 1.165) is 27.7 Å². The molecule has 0 atom stereocenters. The molecular weight excluding hydrogens is 388 g/mol. The molecule has 2 aromatic carbocycles. The first-order valence-electron chi connectivity index (χ1n) is 9.58. The van der Waals surface area contributed by atoms with Gasteiger partial charge in [-0.05, 0) is 56.0 Å². The number of anilines is 2. The molecule has 0 saturated heterocycles. The number of amides is 1. The zero-order valence-electron chi connectivity index (χ0n) is 17.1. The number of benzene rings is 2. The molecule has 0 saturated carbocycles. The second-order valence-electron chi connectivity index (χ2n) is 7.27. The minimum Gasteiger partial charge on any atom is -0.464 e. The van der Waals surface area contributed by atoms with Crippen LogP contribution < -0.4 is 10.0 Å². The molecule has 0 unspecified atom stereocenters. The molecule has 7 heteroatoms. The number of fused-ring (bicyclic) bond motifs is 1. The van der Waals surface area contributed by atoms with Gasteiger partial charge in [0.2, 0.25) is 15.9 Å². The van der Waals surface area contributed by atoms with Crippen LogP contribution >= 0.6 is 0 Å². The van der Waals surface area contributed by atoms with Crippen molar-refractivity contribution in [3.8, 4) is 0 Å². The van der Waals surface area contributed by atoms with Crippen LogP contribution in [0.5, 0.6) is 0 Å². The van der Waals surface area contributed by atoms with Gasteiger partial charge in [-0.15, -0.1) is 0 Å². The Morgan fingerprint density at radius 3 is 2.48 bits per heavy atom. The number of rotatable bonds is 7.